The Balaban J connectivity index is 0.000000319. The molecule has 0 aromatic heterocycles. The number of likely N-dealkylation sites (tertiary alicyclic amines) is 1. The molecule has 7 aliphatic rings. The summed E-state index contributed by atoms with van der Waals surface area (Å²) < 4.78 is 44.3. The second-order valence-electron chi connectivity index (χ2n) is 29.4. The van der Waals surface area contributed by atoms with Crippen LogP contribution in [0.2, 0.25) is 0 Å². The van der Waals surface area contributed by atoms with E-state index in [-0.39, 0.29) is 33.9 Å². The Hall–Kier alpha value is -7.92. The molecule has 6 aliphatic carbocycles. The molecule has 10 radical (unpaired) electrons. The first-order chi connectivity index (χ1) is 43.8. The van der Waals surface area contributed by atoms with Gasteiger partial charge >= 0.3 is 23.2 Å². The van der Waals surface area contributed by atoms with Crippen LogP contribution in [0.15, 0.2) is 0 Å². The second-order valence-corrected chi connectivity index (χ2v) is 29.4. The van der Waals surface area contributed by atoms with Crippen LogP contribution in [0.3, 0.4) is 0 Å². The number of alkyl halides is 3. The molecule has 10 heteroatoms. The largest absolute Gasteiger partial charge is 2.00 e. The predicted octanol–water partition coefficient (Wildman–Crippen LogP) is 16.0. The Labute approximate surface area is 509 Å². The van der Waals surface area contributed by atoms with Gasteiger partial charge in [0.25, 0.3) is 0 Å². The molecule has 28 aromatic carbocycles. The van der Waals surface area contributed by atoms with Crippen LogP contribution in [-0.4, -0.2) is 69.1 Å². The van der Waals surface area contributed by atoms with Crippen molar-refractivity contribution in [1.82, 2.24) is 4.90 Å². The van der Waals surface area contributed by atoms with Crippen molar-refractivity contribution in [3.63, 3.8) is 0 Å². The molecule has 1 unspecified atom stereocenters. The molecule has 408 valence electrons. The number of carboxylic acids is 1. The van der Waals surface area contributed by atoms with Gasteiger partial charge < -0.3 is 25.1 Å². The van der Waals surface area contributed by atoms with E-state index in [4.69, 9.17) is 19.4 Å². The van der Waals surface area contributed by atoms with Gasteiger partial charge in [-0.05, 0) is 371 Å². The van der Waals surface area contributed by atoms with Gasteiger partial charge in [0.2, 0.25) is 0 Å². The number of halogens is 3. The number of rotatable bonds is 9. The van der Waals surface area contributed by atoms with Crippen molar-refractivity contribution in [2.24, 2.45) is 0 Å². The quantitative estimate of drug-likeness (QED) is 0.0883. The second kappa shape index (κ2) is 11.3. The smallest absolute Gasteiger partial charge is 0.542 e. The third-order valence-corrected chi connectivity index (χ3v) is 27.8. The van der Waals surface area contributed by atoms with Crippen LogP contribution >= 0.6 is 0 Å². The van der Waals surface area contributed by atoms with E-state index in [1.54, 1.807) is 313 Å². The fourth-order valence-electron chi connectivity index (χ4n) is 27.1. The van der Waals surface area contributed by atoms with E-state index in [1.807, 2.05) is 32.1 Å². The number of carbonyl (C=O) groups is 1. The average Bonchev–Trinajstić information content (AvgIpc) is 1.38. The molecule has 0 amide bonds. The molecule has 90 heavy (non-hydrogen) atoms. The van der Waals surface area contributed by atoms with Crippen LogP contribution < -0.4 is 10.8 Å². The summed E-state index contributed by atoms with van der Waals surface area (Å²) in [6.07, 6.45) is 14.7. The molecule has 3 N–H and O–H groups in total. The third kappa shape index (κ3) is 2.96. The van der Waals surface area contributed by atoms with Gasteiger partial charge in [-0.2, -0.15) is 13.2 Å². The van der Waals surface area contributed by atoms with E-state index < -0.39 is 12.1 Å². The Morgan fingerprint density at radius 2 is 0.611 bits per heavy atom. The summed E-state index contributed by atoms with van der Waals surface area (Å²) in [6.45, 7) is 5.29. The Morgan fingerprint density at radius 1 is 0.389 bits per heavy atom. The fraction of sp³-hybridized carbons (Fsp3) is 0.138. The van der Waals surface area contributed by atoms with Gasteiger partial charge in [-0.25, -0.2) is 0 Å². The summed E-state index contributed by atoms with van der Waals surface area (Å²) in [5.74, 6) is -1.51. The van der Waals surface area contributed by atoms with Crippen LogP contribution in [0.5, 0.6) is 0 Å². The van der Waals surface area contributed by atoms with E-state index in [0.29, 0.717) is 26.4 Å². The summed E-state index contributed by atoms with van der Waals surface area (Å²) in [6, 6.07) is 0.124. The van der Waals surface area contributed by atoms with Gasteiger partial charge in [0, 0.05) is 25.0 Å². The first-order valence-electron chi connectivity index (χ1n) is 31.9. The van der Waals surface area contributed by atoms with Crippen molar-refractivity contribution in [2.45, 2.75) is 23.0 Å². The first kappa shape index (κ1) is 43.0. The normalized spacial score (nSPS) is 22.9. The van der Waals surface area contributed by atoms with Crippen LogP contribution in [0.1, 0.15) is 22.3 Å². The zero-order chi connectivity index (χ0) is 56.0. The number of quaternary nitrogens is 1. The minimum atomic E-state index is -5.19. The number of ether oxygens (including phenoxy) is 2. The first-order valence-corrected chi connectivity index (χ1v) is 31.9. The monoisotopic (exact) mass is 1190 g/mol. The molecular weight excluding hydrogens is 1170 g/mol. The molecular formula is C80H27F3FeN2O4+2. The number of benzene rings is 18. The van der Waals surface area contributed by atoms with Crippen molar-refractivity contribution in [3.8, 4) is 0 Å². The molecule has 1 saturated heterocycles. The third-order valence-electron chi connectivity index (χ3n) is 27.8. The van der Waals surface area contributed by atoms with Crippen molar-refractivity contribution in [2.75, 3.05) is 46.1 Å². The van der Waals surface area contributed by atoms with E-state index in [1.165, 1.54) is 5.92 Å². The molecule has 2 spiro atoms. The summed E-state index contributed by atoms with van der Waals surface area (Å²) >= 11 is 0. The van der Waals surface area contributed by atoms with Crippen molar-refractivity contribution in [1.29, 1.82) is 0 Å². The van der Waals surface area contributed by atoms with Crippen LogP contribution in [0, 0.1) is 63.7 Å². The molecule has 35 rings (SSSR count). The maximum absolute atomic E-state index is 10.5. The molecule has 2 saturated carbocycles. The van der Waals surface area contributed by atoms with Gasteiger partial charge in [0.05, 0.1) is 43.8 Å². The number of aliphatic carboxylic acids is 1. The number of nitrogens with zero attached hydrogens (tertiary/aromatic N) is 1. The summed E-state index contributed by atoms with van der Waals surface area (Å²) in [5, 5.41) is 98.5. The van der Waals surface area contributed by atoms with E-state index in [2.05, 4.69) is 36.3 Å². The van der Waals surface area contributed by atoms with Crippen LogP contribution in [0.25, 0.3) is 291 Å². The van der Waals surface area contributed by atoms with E-state index in [0.717, 1.165) is 19.6 Å². The molecule has 28 aromatic rings. The zero-order valence-electron chi connectivity index (χ0n) is 46.5. The summed E-state index contributed by atoms with van der Waals surface area (Å²) in [7, 11) is 0. The molecule has 0 bridgehead atoms. The molecule has 1 aliphatic heterocycles. The number of carbonyl (C=O) groups excluding carboxylic acids is 1. The zero-order valence-corrected chi connectivity index (χ0v) is 47.6. The molecule has 1 atom stereocenters. The van der Waals surface area contributed by atoms with Crippen LogP contribution in [0.4, 0.5) is 13.2 Å². The van der Waals surface area contributed by atoms with Crippen molar-refractivity contribution >= 4 is 297 Å². The average molecular weight is 1190 g/mol. The fourth-order valence-corrected chi connectivity index (χ4v) is 27.1. The predicted molar refractivity (Wildman–Crippen MR) is 352 cm³/mol. The van der Waals surface area contributed by atoms with Crippen molar-refractivity contribution < 1.29 is 55.3 Å². The summed E-state index contributed by atoms with van der Waals surface area (Å²) in [5.41, 5.74) is 10.4. The topological polar surface area (TPSA) is 89.5 Å². The Bertz CT molecular complexity index is 7500. The van der Waals surface area contributed by atoms with Gasteiger partial charge in [-0.3, -0.25) is 4.90 Å². The SMILES string of the molecule is O=C([O-])C(F)(F)F.[CH]1[CH][CH][CH][CH]1.[Fe+2].[NH3+]CCOCCOCCN1CC23c4c5c6c7c8c9c(c%10c%11c2c2c4c4c%12c5c5c6c6c8c8c%13c9c9c%10c%10c%11c%11c2c2c4c4c%12c%12c5c5c6c8c6c8c%13c9c9c%10c%10c%11c2c2c4c4c%12c5c6c5c8c9c%10c2c45)C73C1[C]1[CH][CH][CH][CH]1. The number of hydrogen-bond donors (Lipinski definition) is 1. The maximum atomic E-state index is 10.5. The number of carboxylic acid groups (broad SMARTS) is 1. The van der Waals surface area contributed by atoms with Crippen molar-refractivity contribution in [3.05, 3.63) is 86.0 Å². The molecule has 6 nitrogen and oxygen atoms in total. The Morgan fingerprint density at radius 3 is 0.844 bits per heavy atom. The minimum absolute atomic E-state index is 0. The standard InChI is InChI=1S/C73H21N2O2.C5H5.C2HF3O2.Fe/c74-5-7-76-9-10-77-8-6-75-11-72-67-59-51-41-31-23-15-13-14-17-21-19(15)27-35-29(21)39-33-25(17)26-18(14)22-20-16(13)24(23)32-38-28(20)36-30(22)40-34(26)44-43(33)55-49(39)57-47(35)53(45(51)37(27)31)61(67)63(57)69-65(55)66-56(44)50(40)58-48(36)54-46(38)52(42(32)41)60(59)68(72)62(54)64(58)70(66)73(69,72)71(75)12-3-1-2-4-12;1-2-4-5-3-1;3-2(4,5)1(6)7;/h1-4,71H,5-11,74H2;1-5H;(H,6,7);/q;;;+2. The van der Waals surface area contributed by atoms with Gasteiger partial charge in [-0.1, -0.05) is 0 Å². The summed E-state index contributed by atoms with van der Waals surface area (Å²) in [4.78, 5) is 11.8. The van der Waals surface area contributed by atoms with Gasteiger partial charge in [0.1, 0.15) is 5.97 Å². The molecule has 1 heterocycles. The minimum Gasteiger partial charge on any atom is -0.542 e. The molecule has 3 fully saturated rings. The van der Waals surface area contributed by atoms with E-state index in [9.17, 15) is 13.2 Å². The maximum Gasteiger partial charge on any atom is 2.00 e. The van der Waals surface area contributed by atoms with Gasteiger partial charge in [0.15, 0.2) is 0 Å². The van der Waals surface area contributed by atoms with Gasteiger partial charge in [-0.15, -0.1) is 0 Å². The Kier molecular flexibility index (Phi) is 5.41. The number of hydrogen-bond acceptors (Lipinski definition) is 5. The van der Waals surface area contributed by atoms with E-state index >= 15 is 0 Å². The van der Waals surface area contributed by atoms with Crippen LogP contribution in [-0.2, 0) is 42.2 Å².